The Morgan fingerprint density at radius 2 is 1.21 bits per heavy atom. The number of ether oxygens (including phenoxy) is 1. The van der Waals surface area contributed by atoms with Crippen LogP contribution in [0.5, 0.6) is 0 Å². The van der Waals surface area contributed by atoms with E-state index in [2.05, 4.69) is 68.5 Å². The molecule has 0 aliphatic carbocycles. The van der Waals surface area contributed by atoms with Crippen LogP contribution in [0.15, 0.2) is 72.9 Å². The molecule has 0 heterocycles. The summed E-state index contributed by atoms with van der Waals surface area (Å²) in [7, 11) is 0. The van der Waals surface area contributed by atoms with Crippen molar-refractivity contribution in [3.05, 3.63) is 72.9 Å². The average Bonchev–Trinajstić information content (AvgIpc) is 2.89. The fourth-order valence-electron chi connectivity index (χ4n) is 3.75. The van der Waals surface area contributed by atoms with Crippen molar-refractivity contribution >= 4 is 11.9 Å². The van der Waals surface area contributed by atoms with Gasteiger partial charge in [0.1, 0.15) is 6.10 Å². The highest BCUT2D eigenvalue weighted by Gasteiger charge is 2.10. The Morgan fingerprint density at radius 1 is 0.658 bits per heavy atom. The average molecular weight is 527 g/mol. The first-order chi connectivity index (χ1) is 18.6. The molecule has 0 aliphatic heterocycles. The van der Waals surface area contributed by atoms with Gasteiger partial charge >= 0.3 is 11.9 Å². The van der Waals surface area contributed by atoms with Crippen LogP contribution >= 0.6 is 0 Å². The van der Waals surface area contributed by atoms with Crippen LogP contribution in [0.2, 0.25) is 0 Å². The van der Waals surface area contributed by atoms with Crippen molar-refractivity contribution in [2.24, 2.45) is 0 Å². The predicted molar refractivity (Wildman–Crippen MR) is 162 cm³/mol. The van der Waals surface area contributed by atoms with E-state index in [4.69, 9.17) is 9.84 Å². The van der Waals surface area contributed by atoms with Crippen LogP contribution in [0.25, 0.3) is 0 Å². The molecule has 38 heavy (non-hydrogen) atoms. The molecular weight excluding hydrogens is 472 g/mol. The minimum Gasteiger partial charge on any atom is -0.481 e. The molecule has 4 heteroatoms. The maximum atomic E-state index is 12.4. The highest BCUT2D eigenvalue weighted by Crippen LogP contribution is 2.13. The van der Waals surface area contributed by atoms with Crippen LogP contribution in [-0.4, -0.2) is 23.1 Å². The number of carboxylic acids is 1. The van der Waals surface area contributed by atoms with Gasteiger partial charge in [-0.15, -0.1) is 0 Å². The van der Waals surface area contributed by atoms with Crippen molar-refractivity contribution in [2.45, 2.75) is 129 Å². The Bertz CT molecular complexity index is 740. The molecule has 0 aromatic rings. The van der Waals surface area contributed by atoms with E-state index in [1.54, 1.807) is 0 Å². The van der Waals surface area contributed by atoms with Gasteiger partial charge in [-0.25, -0.2) is 0 Å². The fourth-order valence-corrected chi connectivity index (χ4v) is 3.75. The van der Waals surface area contributed by atoms with Crippen molar-refractivity contribution in [3.63, 3.8) is 0 Å². The van der Waals surface area contributed by atoms with Gasteiger partial charge in [-0.2, -0.15) is 0 Å². The Hall–Kier alpha value is -2.62. The SMILES string of the molecule is CC/C=C\C/C=C\C/C=C\C/C=C\C/C=C\CC(=O)OC(/C=C\CCCCCC)CCCCCCC(=O)O. The van der Waals surface area contributed by atoms with E-state index in [0.29, 0.717) is 6.42 Å². The molecule has 0 aromatic carbocycles. The second-order valence-corrected chi connectivity index (χ2v) is 9.56. The summed E-state index contributed by atoms with van der Waals surface area (Å²) in [5, 5.41) is 8.75. The summed E-state index contributed by atoms with van der Waals surface area (Å²) >= 11 is 0. The van der Waals surface area contributed by atoms with E-state index in [0.717, 1.165) is 64.2 Å². The van der Waals surface area contributed by atoms with Crippen molar-refractivity contribution < 1.29 is 19.4 Å². The number of carbonyl (C=O) groups excluding carboxylic acids is 1. The summed E-state index contributed by atoms with van der Waals surface area (Å²) in [5.41, 5.74) is 0. The predicted octanol–water partition coefficient (Wildman–Crippen LogP) is 9.99. The quantitative estimate of drug-likeness (QED) is 0.0730. The van der Waals surface area contributed by atoms with Crippen LogP contribution < -0.4 is 0 Å². The molecule has 0 aliphatic rings. The minimum absolute atomic E-state index is 0.196. The molecule has 0 spiro atoms. The number of esters is 1. The topological polar surface area (TPSA) is 63.6 Å². The summed E-state index contributed by atoms with van der Waals surface area (Å²) in [6.45, 7) is 4.35. The Kier molecular flexibility index (Phi) is 26.9. The van der Waals surface area contributed by atoms with Crippen LogP contribution in [0.4, 0.5) is 0 Å². The first-order valence-corrected chi connectivity index (χ1v) is 14.9. The Labute approximate surface area is 233 Å². The zero-order valence-electron chi connectivity index (χ0n) is 24.2. The maximum absolute atomic E-state index is 12.4. The summed E-state index contributed by atoms with van der Waals surface area (Å²) in [5.74, 6) is -0.934. The van der Waals surface area contributed by atoms with Gasteiger partial charge < -0.3 is 9.84 Å². The van der Waals surface area contributed by atoms with Crippen molar-refractivity contribution in [1.82, 2.24) is 0 Å². The molecular formula is C34H54O4. The normalized spacial score (nSPS) is 13.3. The number of hydrogen-bond donors (Lipinski definition) is 1. The standard InChI is InChI=1S/C34H54O4/c1-3-5-7-9-11-12-13-14-15-16-17-18-19-21-27-31-34(37)38-32(28-24-20-10-8-6-4-2)29-25-22-23-26-30-33(35)36/h5,7,11-12,14-15,17-18,21,24,27-28,32H,3-4,6,8-10,13,16,19-20,22-23,25-26,29-31H2,1-2H3,(H,35,36)/b7-5-,12-11-,15-14-,18-17-,27-21-,28-24-. The molecule has 0 bridgehead atoms. The highest BCUT2D eigenvalue weighted by atomic mass is 16.5. The van der Waals surface area contributed by atoms with E-state index in [-0.39, 0.29) is 24.9 Å². The monoisotopic (exact) mass is 526 g/mol. The molecule has 1 atom stereocenters. The summed E-state index contributed by atoms with van der Waals surface area (Å²) in [6, 6.07) is 0. The van der Waals surface area contributed by atoms with Crippen LogP contribution in [0, 0.1) is 0 Å². The van der Waals surface area contributed by atoms with Gasteiger partial charge in [0.05, 0.1) is 6.42 Å². The number of carboxylic acid groups (broad SMARTS) is 1. The van der Waals surface area contributed by atoms with Crippen LogP contribution in [0.3, 0.4) is 0 Å². The lowest BCUT2D eigenvalue weighted by Crippen LogP contribution is -2.15. The third-order valence-corrected chi connectivity index (χ3v) is 5.93. The smallest absolute Gasteiger partial charge is 0.310 e. The van der Waals surface area contributed by atoms with Gasteiger partial charge in [-0.05, 0) is 70.3 Å². The van der Waals surface area contributed by atoms with E-state index < -0.39 is 5.97 Å². The lowest BCUT2D eigenvalue weighted by atomic mass is 10.1. The summed E-state index contributed by atoms with van der Waals surface area (Å²) in [6.07, 6.45) is 40.8. The molecule has 0 fully saturated rings. The third kappa shape index (κ3) is 28.0. The number of carbonyl (C=O) groups is 2. The summed E-state index contributed by atoms with van der Waals surface area (Å²) in [4.78, 5) is 23.0. The summed E-state index contributed by atoms with van der Waals surface area (Å²) < 4.78 is 5.73. The highest BCUT2D eigenvalue weighted by molar-refractivity contribution is 5.71. The number of rotatable bonds is 25. The van der Waals surface area contributed by atoms with Crippen molar-refractivity contribution in [3.8, 4) is 0 Å². The van der Waals surface area contributed by atoms with Crippen molar-refractivity contribution in [2.75, 3.05) is 0 Å². The molecule has 0 aromatic heterocycles. The minimum atomic E-state index is -0.738. The number of aliphatic carboxylic acids is 1. The van der Waals surface area contributed by atoms with Gasteiger partial charge in [0.25, 0.3) is 0 Å². The van der Waals surface area contributed by atoms with E-state index >= 15 is 0 Å². The number of hydrogen-bond acceptors (Lipinski definition) is 3. The number of allylic oxidation sites excluding steroid dienone is 10. The lowest BCUT2D eigenvalue weighted by Gasteiger charge is -2.14. The molecule has 0 radical (unpaired) electrons. The maximum Gasteiger partial charge on any atom is 0.310 e. The van der Waals surface area contributed by atoms with Gasteiger partial charge in [0.2, 0.25) is 0 Å². The molecule has 0 saturated carbocycles. The molecule has 4 nitrogen and oxygen atoms in total. The molecule has 0 saturated heterocycles. The molecule has 0 rings (SSSR count). The van der Waals surface area contributed by atoms with Gasteiger partial charge in [0, 0.05) is 6.42 Å². The first kappa shape index (κ1) is 35.4. The van der Waals surface area contributed by atoms with E-state index in [1.807, 2.05) is 18.2 Å². The molecule has 214 valence electrons. The zero-order valence-corrected chi connectivity index (χ0v) is 24.2. The second-order valence-electron chi connectivity index (χ2n) is 9.56. The Balaban J connectivity index is 4.24. The Morgan fingerprint density at radius 3 is 1.79 bits per heavy atom. The van der Waals surface area contributed by atoms with E-state index in [9.17, 15) is 9.59 Å². The van der Waals surface area contributed by atoms with Crippen LogP contribution in [0.1, 0.15) is 123 Å². The first-order valence-electron chi connectivity index (χ1n) is 14.9. The van der Waals surface area contributed by atoms with Crippen LogP contribution in [-0.2, 0) is 14.3 Å². The molecule has 0 amide bonds. The second kappa shape index (κ2) is 28.9. The van der Waals surface area contributed by atoms with Gasteiger partial charge in [-0.1, -0.05) is 113 Å². The molecule has 1 N–H and O–H groups in total. The number of unbranched alkanes of at least 4 members (excludes halogenated alkanes) is 7. The lowest BCUT2D eigenvalue weighted by molar-refractivity contribution is -0.146. The van der Waals surface area contributed by atoms with Gasteiger partial charge in [0.15, 0.2) is 0 Å². The fraction of sp³-hybridized carbons (Fsp3) is 0.588. The van der Waals surface area contributed by atoms with E-state index in [1.165, 1.54) is 25.7 Å². The van der Waals surface area contributed by atoms with Crippen molar-refractivity contribution in [1.29, 1.82) is 0 Å². The molecule has 1 unspecified atom stereocenters. The third-order valence-electron chi connectivity index (χ3n) is 5.93. The van der Waals surface area contributed by atoms with Gasteiger partial charge in [-0.3, -0.25) is 9.59 Å². The largest absolute Gasteiger partial charge is 0.481 e. The zero-order chi connectivity index (χ0) is 27.9.